The van der Waals surface area contributed by atoms with Crippen molar-refractivity contribution in [2.24, 2.45) is 0 Å². The van der Waals surface area contributed by atoms with Gasteiger partial charge in [-0.3, -0.25) is 0 Å². The lowest BCUT2D eigenvalue weighted by atomic mass is 10.3. The van der Waals surface area contributed by atoms with Crippen molar-refractivity contribution in [1.82, 2.24) is 9.97 Å². The summed E-state index contributed by atoms with van der Waals surface area (Å²) in [6, 6.07) is 0.270. The van der Waals surface area contributed by atoms with Crippen LogP contribution in [0.2, 0.25) is 0 Å². The van der Waals surface area contributed by atoms with Crippen LogP contribution in [0.1, 0.15) is 0 Å². The van der Waals surface area contributed by atoms with E-state index in [2.05, 4.69) is 9.97 Å². The lowest BCUT2D eigenvalue weighted by molar-refractivity contribution is 0.482. The van der Waals surface area contributed by atoms with Crippen LogP contribution >= 0.6 is 0 Å². The molecule has 0 unspecified atom stereocenters. The molecule has 106 valence electrons. The van der Waals surface area contributed by atoms with Gasteiger partial charge in [-0.2, -0.15) is 0 Å². The summed E-state index contributed by atoms with van der Waals surface area (Å²) in [5, 5.41) is 0. The van der Waals surface area contributed by atoms with Crippen molar-refractivity contribution in [2.45, 2.75) is 4.90 Å². The van der Waals surface area contributed by atoms with E-state index in [1.807, 2.05) is 0 Å². The molecule has 0 saturated heterocycles. The molecule has 0 amide bonds. The molecule has 20 heavy (non-hydrogen) atoms. The second kappa shape index (κ2) is 5.04. The Bertz CT molecular complexity index is 750. The van der Waals surface area contributed by atoms with Crippen LogP contribution in [0.4, 0.5) is 23.5 Å². The Balaban J connectivity index is 2.40. The molecule has 2 aromatic rings. The molecule has 5 nitrogen and oxygen atoms in total. The summed E-state index contributed by atoms with van der Waals surface area (Å²) in [5.41, 5.74) is 0. The van der Waals surface area contributed by atoms with Gasteiger partial charge >= 0.3 is 0 Å². The summed E-state index contributed by atoms with van der Waals surface area (Å²) < 4.78 is 76.8. The third-order valence-electron chi connectivity index (χ3n) is 2.11. The number of hydrogen-bond donors (Lipinski definition) is 1. The van der Waals surface area contributed by atoms with Gasteiger partial charge in [-0.05, 0) is 0 Å². The van der Waals surface area contributed by atoms with Crippen molar-refractivity contribution in [3.05, 3.63) is 47.8 Å². The normalized spacial score (nSPS) is 11.4. The third-order valence-corrected chi connectivity index (χ3v) is 3.45. The van der Waals surface area contributed by atoms with Gasteiger partial charge in [0.05, 0.1) is 12.4 Å². The van der Waals surface area contributed by atoms with E-state index in [0.29, 0.717) is 12.4 Å². The van der Waals surface area contributed by atoms with Crippen molar-refractivity contribution in [1.29, 1.82) is 0 Å². The molecule has 0 spiro atoms. The lowest BCUT2D eigenvalue weighted by Gasteiger charge is -2.07. The van der Waals surface area contributed by atoms with E-state index < -0.39 is 44.1 Å². The first-order chi connectivity index (χ1) is 9.29. The van der Waals surface area contributed by atoms with Gasteiger partial charge in [0, 0.05) is 12.1 Å². The summed E-state index contributed by atoms with van der Waals surface area (Å²) in [6.45, 7) is 0. The van der Waals surface area contributed by atoms with Gasteiger partial charge in [0.15, 0.2) is 17.5 Å². The molecule has 1 aromatic carbocycles. The Hall–Kier alpha value is -2.23. The zero-order chi connectivity index (χ0) is 14.9. The SMILES string of the molecule is O=S(=O)(Nc1ncc(F)cn1)c1cc(F)c(F)cc1F. The fourth-order valence-electron chi connectivity index (χ4n) is 1.25. The predicted octanol–water partition coefficient (Wildman–Crippen LogP) is 1.83. The Labute approximate surface area is 110 Å². The maximum absolute atomic E-state index is 13.4. The van der Waals surface area contributed by atoms with Crippen LogP contribution in [0.15, 0.2) is 29.4 Å². The quantitative estimate of drug-likeness (QED) is 0.693. The maximum Gasteiger partial charge on any atom is 0.267 e. The average molecular weight is 307 g/mol. The van der Waals surface area contributed by atoms with Crippen LogP contribution < -0.4 is 4.72 Å². The van der Waals surface area contributed by atoms with Crippen molar-refractivity contribution in [2.75, 3.05) is 4.72 Å². The number of sulfonamides is 1. The minimum Gasteiger partial charge on any atom is -0.247 e. The topological polar surface area (TPSA) is 72.0 Å². The number of anilines is 1. The van der Waals surface area contributed by atoms with E-state index in [1.165, 1.54) is 0 Å². The fourth-order valence-corrected chi connectivity index (χ4v) is 2.28. The molecule has 0 aliphatic carbocycles. The number of rotatable bonds is 3. The van der Waals surface area contributed by atoms with Crippen LogP contribution in [0.5, 0.6) is 0 Å². The molecule has 0 bridgehead atoms. The van der Waals surface area contributed by atoms with Gasteiger partial charge in [0.25, 0.3) is 10.0 Å². The van der Waals surface area contributed by atoms with Crippen molar-refractivity contribution in [3.63, 3.8) is 0 Å². The zero-order valence-corrected chi connectivity index (χ0v) is 10.3. The molecule has 0 fully saturated rings. The molecule has 0 atom stereocenters. The van der Waals surface area contributed by atoms with Crippen LogP contribution in [0.3, 0.4) is 0 Å². The maximum atomic E-state index is 13.4. The third kappa shape index (κ3) is 2.85. The standard InChI is InChI=1S/C10H5F4N3O2S/c11-5-3-15-10(16-4-5)17-20(18,19)9-2-7(13)6(12)1-8(9)14/h1-4H,(H,15,16,17). The smallest absolute Gasteiger partial charge is 0.247 e. The molecule has 0 saturated carbocycles. The van der Waals surface area contributed by atoms with E-state index in [4.69, 9.17) is 0 Å². The monoisotopic (exact) mass is 307 g/mol. The van der Waals surface area contributed by atoms with E-state index in [9.17, 15) is 26.0 Å². The zero-order valence-electron chi connectivity index (χ0n) is 9.44. The number of halogens is 4. The van der Waals surface area contributed by atoms with Crippen LogP contribution in [-0.4, -0.2) is 18.4 Å². The first-order valence-corrected chi connectivity index (χ1v) is 6.43. The van der Waals surface area contributed by atoms with Gasteiger partial charge < -0.3 is 0 Å². The van der Waals surface area contributed by atoms with Gasteiger partial charge in [0.2, 0.25) is 5.95 Å². The molecule has 1 heterocycles. The minimum absolute atomic E-state index is 0.0927. The Morgan fingerprint density at radius 3 is 2.05 bits per heavy atom. The van der Waals surface area contributed by atoms with E-state index >= 15 is 0 Å². The Kier molecular flexibility index (Phi) is 3.57. The fraction of sp³-hybridized carbons (Fsp3) is 0. The Morgan fingerprint density at radius 2 is 1.45 bits per heavy atom. The number of nitrogens with one attached hydrogen (secondary N) is 1. The van der Waals surface area contributed by atoms with Crippen LogP contribution in [0.25, 0.3) is 0 Å². The van der Waals surface area contributed by atoms with E-state index in [-0.39, 0.29) is 12.1 Å². The van der Waals surface area contributed by atoms with Crippen molar-refractivity contribution >= 4 is 16.0 Å². The summed E-state index contributed by atoms with van der Waals surface area (Å²) in [5.74, 6) is -5.91. The molecule has 2 rings (SSSR count). The van der Waals surface area contributed by atoms with Crippen molar-refractivity contribution < 1.29 is 26.0 Å². The number of nitrogens with zero attached hydrogens (tertiary/aromatic N) is 2. The largest absolute Gasteiger partial charge is 0.267 e. The van der Waals surface area contributed by atoms with E-state index in [0.717, 1.165) is 0 Å². The molecule has 10 heteroatoms. The first kappa shape index (κ1) is 14.2. The van der Waals surface area contributed by atoms with E-state index in [1.54, 1.807) is 4.72 Å². The number of aromatic nitrogens is 2. The minimum atomic E-state index is -4.58. The van der Waals surface area contributed by atoms with Gasteiger partial charge in [0.1, 0.15) is 10.7 Å². The highest BCUT2D eigenvalue weighted by Gasteiger charge is 2.23. The van der Waals surface area contributed by atoms with Gasteiger partial charge in [-0.1, -0.05) is 0 Å². The summed E-state index contributed by atoms with van der Waals surface area (Å²) >= 11 is 0. The molecule has 0 aliphatic heterocycles. The van der Waals surface area contributed by atoms with Gasteiger partial charge in [-0.25, -0.2) is 40.7 Å². The lowest BCUT2D eigenvalue weighted by Crippen LogP contribution is -2.17. The van der Waals surface area contributed by atoms with Crippen molar-refractivity contribution in [3.8, 4) is 0 Å². The summed E-state index contributed by atoms with van der Waals surface area (Å²) in [6.07, 6.45) is 1.35. The summed E-state index contributed by atoms with van der Waals surface area (Å²) in [4.78, 5) is 5.46. The van der Waals surface area contributed by atoms with Crippen LogP contribution in [0, 0.1) is 23.3 Å². The highest BCUT2D eigenvalue weighted by Crippen LogP contribution is 2.20. The molecule has 1 N–H and O–H groups in total. The highest BCUT2D eigenvalue weighted by molar-refractivity contribution is 7.92. The second-order valence-electron chi connectivity index (χ2n) is 3.53. The number of benzene rings is 1. The highest BCUT2D eigenvalue weighted by atomic mass is 32.2. The average Bonchev–Trinajstić information content (AvgIpc) is 2.36. The molecule has 0 aliphatic rings. The molecular formula is C10H5F4N3O2S. The molecule has 1 aromatic heterocycles. The summed E-state index contributed by atoms with van der Waals surface area (Å²) in [7, 11) is -4.58. The van der Waals surface area contributed by atoms with Gasteiger partial charge in [-0.15, -0.1) is 0 Å². The Morgan fingerprint density at radius 1 is 0.900 bits per heavy atom. The molecular weight excluding hydrogens is 302 g/mol. The predicted molar refractivity (Wildman–Crippen MR) is 59.1 cm³/mol. The number of hydrogen-bond acceptors (Lipinski definition) is 4. The molecule has 0 radical (unpaired) electrons. The van der Waals surface area contributed by atoms with Crippen LogP contribution in [-0.2, 0) is 10.0 Å². The second-order valence-corrected chi connectivity index (χ2v) is 5.18. The first-order valence-electron chi connectivity index (χ1n) is 4.94.